The van der Waals surface area contributed by atoms with Crippen LogP contribution in [0.4, 0.5) is 0 Å². The molecule has 0 bridgehead atoms. The number of esters is 1. The smallest absolute Gasteiger partial charge is 0.323 e. The van der Waals surface area contributed by atoms with Crippen molar-refractivity contribution >= 4 is 5.97 Å². The van der Waals surface area contributed by atoms with Crippen LogP contribution in [0.1, 0.15) is 78.4 Å². The minimum absolute atomic E-state index is 0.0294. The lowest BCUT2D eigenvalue weighted by atomic mass is 9.94. The van der Waals surface area contributed by atoms with Crippen LogP contribution in [0.15, 0.2) is 24.3 Å². The summed E-state index contributed by atoms with van der Waals surface area (Å²) in [5.74, 6) is 0.741. The molecule has 0 aromatic heterocycles. The maximum absolute atomic E-state index is 12.9. The third-order valence-electron chi connectivity index (χ3n) is 6.23. The Labute approximate surface area is 195 Å². The number of unbranched alkanes of at least 4 members (excludes halogenated alkanes) is 1. The Morgan fingerprint density at radius 2 is 1.81 bits per heavy atom. The van der Waals surface area contributed by atoms with Gasteiger partial charge in [0.05, 0.1) is 19.3 Å². The molecule has 32 heavy (non-hydrogen) atoms. The lowest BCUT2D eigenvalue weighted by Crippen LogP contribution is -2.50. The highest BCUT2D eigenvalue weighted by Gasteiger charge is 2.44. The van der Waals surface area contributed by atoms with E-state index in [0.29, 0.717) is 25.7 Å². The monoisotopic (exact) mass is 447 g/mol. The molecule has 1 heterocycles. The molecule has 5 nitrogen and oxygen atoms in total. The van der Waals surface area contributed by atoms with E-state index in [4.69, 9.17) is 14.2 Å². The fourth-order valence-corrected chi connectivity index (χ4v) is 4.47. The van der Waals surface area contributed by atoms with E-state index in [9.17, 15) is 4.79 Å². The van der Waals surface area contributed by atoms with Gasteiger partial charge in [-0.05, 0) is 48.6 Å². The molecule has 0 radical (unpaired) electrons. The van der Waals surface area contributed by atoms with Gasteiger partial charge in [0.2, 0.25) is 0 Å². The summed E-state index contributed by atoms with van der Waals surface area (Å²) < 4.78 is 17.8. The Morgan fingerprint density at radius 3 is 2.38 bits per heavy atom. The molecule has 2 rings (SSSR count). The normalized spacial score (nSPS) is 21.3. The fraction of sp³-hybridized carbons (Fsp3) is 0.741. The Balaban J connectivity index is 2.16. The van der Waals surface area contributed by atoms with E-state index in [-0.39, 0.29) is 36.2 Å². The minimum atomic E-state index is -0.314. The molecule has 0 aliphatic carbocycles. The van der Waals surface area contributed by atoms with Crippen molar-refractivity contribution in [2.75, 3.05) is 26.4 Å². The number of rotatable bonds is 13. The molecule has 1 aromatic rings. The molecule has 5 heteroatoms. The highest BCUT2D eigenvalue weighted by atomic mass is 16.6. The average molecular weight is 448 g/mol. The van der Waals surface area contributed by atoms with Gasteiger partial charge < -0.3 is 14.2 Å². The van der Waals surface area contributed by atoms with Crippen LogP contribution in [0.5, 0.6) is 0 Å². The average Bonchev–Trinajstić information content (AvgIpc) is 3.15. The third kappa shape index (κ3) is 7.57. The molecule has 0 amide bonds. The number of ether oxygens (including phenoxy) is 3. The van der Waals surface area contributed by atoms with E-state index in [0.717, 1.165) is 25.9 Å². The van der Waals surface area contributed by atoms with Crippen LogP contribution in [0.25, 0.3) is 0 Å². The van der Waals surface area contributed by atoms with Gasteiger partial charge in [-0.3, -0.25) is 9.69 Å². The Morgan fingerprint density at radius 1 is 1.12 bits per heavy atom. The van der Waals surface area contributed by atoms with Gasteiger partial charge in [0.15, 0.2) is 0 Å². The number of carbonyl (C=O) groups is 1. The first kappa shape index (κ1) is 26.8. The van der Waals surface area contributed by atoms with Crippen molar-refractivity contribution in [3.05, 3.63) is 35.4 Å². The number of hydrogen-bond donors (Lipinski definition) is 0. The van der Waals surface area contributed by atoms with Crippen LogP contribution in [0, 0.1) is 11.8 Å². The van der Waals surface area contributed by atoms with Gasteiger partial charge in [-0.2, -0.15) is 0 Å². The van der Waals surface area contributed by atoms with Gasteiger partial charge in [-0.15, -0.1) is 0 Å². The molecule has 0 N–H and O–H groups in total. The topological polar surface area (TPSA) is 48.0 Å². The van der Waals surface area contributed by atoms with Gasteiger partial charge in [-0.25, -0.2) is 0 Å². The van der Waals surface area contributed by atoms with E-state index in [1.54, 1.807) is 0 Å². The lowest BCUT2D eigenvalue weighted by Gasteiger charge is -2.35. The van der Waals surface area contributed by atoms with Crippen molar-refractivity contribution in [3.8, 4) is 0 Å². The van der Waals surface area contributed by atoms with Gasteiger partial charge in [-0.1, -0.05) is 72.2 Å². The summed E-state index contributed by atoms with van der Waals surface area (Å²) in [5, 5.41) is 0. The van der Waals surface area contributed by atoms with Crippen LogP contribution < -0.4 is 0 Å². The molecule has 1 saturated heterocycles. The fourth-order valence-electron chi connectivity index (χ4n) is 4.47. The summed E-state index contributed by atoms with van der Waals surface area (Å²) in [6.07, 6.45) is 2.90. The molecule has 0 saturated carbocycles. The van der Waals surface area contributed by atoms with E-state index >= 15 is 0 Å². The second-order valence-electron chi connectivity index (χ2n) is 9.79. The zero-order valence-electron chi connectivity index (χ0n) is 21.3. The van der Waals surface area contributed by atoms with Gasteiger partial charge in [0.25, 0.3) is 0 Å². The van der Waals surface area contributed by atoms with Crippen molar-refractivity contribution in [1.82, 2.24) is 4.90 Å². The summed E-state index contributed by atoms with van der Waals surface area (Å²) in [7, 11) is 0. The Bertz CT molecular complexity index is 673. The lowest BCUT2D eigenvalue weighted by molar-refractivity contribution is -0.156. The second kappa shape index (κ2) is 13.3. The predicted octanol–water partition coefficient (Wildman–Crippen LogP) is 5.42. The third-order valence-corrected chi connectivity index (χ3v) is 6.23. The highest BCUT2D eigenvalue weighted by molar-refractivity contribution is 5.76. The van der Waals surface area contributed by atoms with Crippen molar-refractivity contribution in [1.29, 1.82) is 0 Å². The first-order valence-corrected chi connectivity index (χ1v) is 12.5. The van der Waals surface area contributed by atoms with Crippen molar-refractivity contribution in [3.63, 3.8) is 0 Å². The molecule has 182 valence electrons. The van der Waals surface area contributed by atoms with Crippen LogP contribution in [0.2, 0.25) is 0 Å². The van der Waals surface area contributed by atoms with Gasteiger partial charge >= 0.3 is 5.97 Å². The zero-order valence-corrected chi connectivity index (χ0v) is 21.3. The summed E-state index contributed by atoms with van der Waals surface area (Å²) in [6, 6.07) is 8.58. The number of benzene rings is 1. The first-order chi connectivity index (χ1) is 15.3. The van der Waals surface area contributed by atoms with Crippen molar-refractivity contribution in [2.45, 2.75) is 92.0 Å². The quantitative estimate of drug-likeness (QED) is 0.298. The SMILES string of the molecule is CCCCOCC1CN(C(C(=O)OCC)C(C)C)C(C(C)Cc2ccc(C(C)C)cc2)O1. The van der Waals surface area contributed by atoms with Crippen LogP contribution >= 0.6 is 0 Å². The van der Waals surface area contributed by atoms with Crippen molar-refractivity contribution in [2.24, 2.45) is 11.8 Å². The van der Waals surface area contributed by atoms with E-state index in [1.807, 2.05) is 6.92 Å². The maximum atomic E-state index is 12.9. The molecular formula is C27H45NO4. The van der Waals surface area contributed by atoms with Gasteiger partial charge in [0.1, 0.15) is 12.3 Å². The Kier molecular flexibility index (Phi) is 11.2. The maximum Gasteiger partial charge on any atom is 0.323 e. The van der Waals surface area contributed by atoms with Crippen LogP contribution in [-0.4, -0.2) is 55.6 Å². The van der Waals surface area contributed by atoms with Crippen LogP contribution in [0.3, 0.4) is 0 Å². The molecule has 4 unspecified atom stereocenters. The molecule has 1 aromatic carbocycles. The van der Waals surface area contributed by atoms with E-state index < -0.39 is 0 Å². The highest BCUT2D eigenvalue weighted by Crippen LogP contribution is 2.30. The zero-order chi connectivity index (χ0) is 23.7. The molecule has 0 spiro atoms. The number of carbonyl (C=O) groups excluding carboxylic acids is 1. The number of nitrogens with zero attached hydrogens (tertiary/aromatic N) is 1. The number of hydrogen-bond acceptors (Lipinski definition) is 5. The van der Waals surface area contributed by atoms with Gasteiger partial charge in [0, 0.05) is 13.2 Å². The first-order valence-electron chi connectivity index (χ1n) is 12.5. The molecule has 1 fully saturated rings. The summed E-state index contributed by atoms with van der Waals surface area (Å²) in [4.78, 5) is 15.1. The Hall–Kier alpha value is -1.43. The van der Waals surface area contributed by atoms with E-state index in [2.05, 4.69) is 70.7 Å². The predicted molar refractivity (Wildman–Crippen MR) is 130 cm³/mol. The standard InChI is InChI=1S/C27H45NO4/c1-8-10-15-30-18-24-17-28(25(20(5)6)27(29)31-9-2)26(32-24)21(7)16-22-11-13-23(14-12-22)19(3)4/h11-14,19-21,24-26H,8-10,15-18H2,1-7H3. The molecule has 4 atom stereocenters. The van der Waals surface area contributed by atoms with Crippen molar-refractivity contribution < 1.29 is 19.0 Å². The molecular weight excluding hydrogens is 402 g/mol. The second-order valence-corrected chi connectivity index (χ2v) is 9.79. The minimum Gasteiger partial charge on any atom is -0.465 e. The summed E-state index contributed by atoms with van der Waals surface area (Å²) in [6.45, 7) is 17.2. The summed E-state index contributed by atoms with van der Waals surface area (Å²) in [5.41, 5.74) is 2.65. The van der Waals surface area contributed by atoms with Crippen LogP contribution in [-0.2, 0) is 25.4 Å². The molecule has 1 aliphatic heterocycles. The van der Waals surface area contributed by atoms with E-state index in [1.165, 1.54) is 11.1 Å². The largest absolute Gasteiger partial charge is 0.465 e. The summed E-state index contributed by atoms with van der Waals surface area (Å²) >= 11 is 0. The molecule has 1 aliphatic rings.